The molecule has 12 heteroatoms. The fraction of sp³-hybridized carbons (Fsp3) is 0.650. The van der Waals surface area contributed by atoms with Gasteiger partial charge in [0.1, 0.15) is 22.7 Å². The number of carbonyl (C=O) groups excluding carboxylic acids is 2. The lowest BCUT2D eigenvalue weighted by Crippen LogP contribution is -2.56. The predicted molar refractivity (Wildman–Crippen MR) is 195 cm³/mol. The maximum absolute atomic E-state index is 14.2. The topological polar surface area (TPSA) is 188 Å². The third-order valence-electron chi connectivity index (χ3n) is 13.6. The lowest BCUT2D eigenvalue weighted by atomic mass is 9.59. The van der Waals surface area contributed by atoms with Crippen LogP contribution in [0, 0.1) is 22.7 Å². The van der Waals surface area contributed by atoms with Gasteiger partial charge in [0.2, 0.25) is 0 Å². The van der Waals surface area contributed by atoms with Gasteiger partial charge in [-0.05, 0) is 123 Å². The third-order valence-corrected chi connectivity index (χ3v) is 13.6. The number of hydrogen-bond donors (Lipinski definition) is 6. The first-order chi connectivity index (χ1) is 25.0. The van der Waals surface area contributed by atoms with E-state index in [1.807, 2.05) is 24.3 Å². The number of phenols is 2. The molecule has 4 aliphatic carbocycles. The van der Waals surface area contributed by atoms with Crippen LogP contribution in [0.1, 0.15) is 101 Å². The molecular weight excluding hydrogens is 664 g/mol. The second-order valence-electron chi connectivity index (χ2n) is 16.1. The van der Waals surface area contributed by atoms with Crippen LogP contribution in [-0.4, -0.2) is 72.7 Å². The zero-order chi connectivity index (χ0) is 37.0. The number of nitrogens with two attached hydrogens (primary N) is 2. The summed E-state index contributed by atoms with van der Waals surface area (Å²) < 4.78 is 13.1. The molecule has 0 radical (unpaired) electrons. The molecule has 0 bridgehead atoms. The molecule has 2 aromatic rings. The summed E-state index contributed by atoms with van der Waals surface area (Å²) in [6.07, 6.45) is 7.32. The van der Waals surface area contributed by atoms with Gasteiger partial charge in [0.25, 0.3) is 0 Å². The van der Waals surface area contributed by atoms with Gasteiger partial charge in [0.05, 0.1) is 13.2 Å². The number of benzene rings is 2. The molecule has 8 atom stereocenters. The Morgan fingerprint density at radius 1 is 0.654 bits per heavy atom. The summed E-state index contributed by atoms with van der Waals surface area (Å²) in [7, 11) is 0. The Bertz CT molecular complexity index is 1410. The Labute approximate surface area is 307 Å². The van der Waals surface area contributed by atoms with Gasteiger partial charge in [-0.2, -0.15) is 0 Å². The normalized spacial score (nSPS) is 34.0. The standard InChI is InChI=1S/C40H58N4O8/c1-37-15-11-29(27-3-7-33(45)8-4-27)23-39(37,17-13-31(37)25-43-49-21-19-41)51-35(47)36(48)52-40-18-14-32(26-44-50-22-20-42)38(40,2)16-12-30(24-40)28-5-9-34(46)10-6-28/h3-10,29-32,43-46H,11-26,41-42H2,1-2H3/t29-,30-,31+,32+,37+,38+,39-,40-/m0/s1. The summed E-state index contributed by atoms with van der Waals surface area (Å²) in [4.78, 5) is 39.5. The van der Waals surface area contributed by atoms with E-state index >= 15 is 0 Å². The van der Waals surface area contributed by atoms with Crippen LogP contribution in [0.5, 0.6) is 11.5 Å². The lowest BCUT2D eigenvalue weighted by Gasteiger charge is -2.52. The summed E-state index contributed by atoms with van der Waals surface area (Å²) >= 11 is 0. The lowest BCUT2D eigenvalue weighted by molar-refractivity contribution is -0.208. The number of nitrogens with one attached hydrogen (secondary N) is 2. The quantitative estimate of drug-likeness (QED) is 0.0685. The van der Waals surface area contributed by atoms with Gasteiger partial charge in [-0.25, -0.2) is 20.5 Å². The molecule has 0 aliphatic heterocycles. The van der Waals surface area contributed by atoms with Crippen molar-refractivity contribution < 1.29 is 39.0 Å². The van der Waals surface area contributed by atoms with E-state index in [1.54, 1.807) is 24.3 Å². The summed E-state index contributed by atoms with van der Waals surface area (Å²) in [5.74, 6) is -1.01. The van der Waals surface area contributed by atoms with Gasteiger partial charge >= 0.3 is 11.9 Å². The minimum atomic E-state index is -0.943. The molecule has 0 aromatic heterocycles. The van der Waals surface area contributed by atoms with Gasteiger partial charge in [-0.3, -0.25) is 0 Å². The van der Waals surface area contributed by atoms with E-state index in [9.17, 15) is 19.8 Å². The van der Waals surface area contributed by atoms with E-state index in [2.05, 4.69) is 24.8 Å². The van der Waals surface area contributed by atoms with Crippen LogP contribution in [-0.2, 0) is 28.7 Å². The molecular formula is C40H58N4O8. The van der Waals surface area contributed by atoms with Crippen LogP contribution >= 0.6 is 0 Å². The fourth-order valence-electron chi connectivity index (χ4n) is 10.4. The van der Waals surface area contributed by atoms with Crippen molar-refractivity contribution in [2.75, 3.05) is 39.4 Å². The van der Waals surface area contributed by atoms with Crippen molar-refractivity contribution in [1.29, 1.82) is 0 Å². The van der Waals surface area contributed by atoms with Crippen molar-refractivity contribution in [2.24, 2.45) is 34.1 Å². The maximum atomic E-state index is 14.2. The number of ether oxygens (including phenoxy) is 2. The average molecular weight is 723 g/mol. The van der Waals surface area contributed by atoms with Gasteiger partial charge in [0.15, 0.2) is 0 Å². The molecule has 0 unspecified atom stereocenters. The molecule has 0 saturated heterocycles. The molecule has 0 heterocycles. The van der Waals surface area contributed by atoms with Crippen molar-refractivity contribution in [3.05, 3.63) is 59.7 Å². The van der Waals surface area contributed by atoms with Crippen LogP contribution in [0.15, 0.2) is 48.5 Å². The Morgan fingerprint density at radius 3 is 1.40 bits per heavy atom. The second kappa shape index (κ2) is 16.0. The highest BCUT2D eigenvalue weighted by Gasteiger charge is 2.65. The first-order valence-electron chi connectivity index (χ1n) is 19.1. The summed E-state index contributed by atoms with van der Waals surface area (Å²) in [6.45, 7) is 7.12. The first-order valence-corrected chi connectivity index (χ1v) is 19.1. The second-order valence-corrected chi connectivity index (χ2v) is 16.1. The van der Waals surface area contributed by atoms with E-state index in [4.69, 9.17) is 30.6 Å². The predicted octanol–water partition coefficient (Wildman–Crippen LogP) is 4.69. The highest BCUT2D eigenvalue weighted by Crippen LogP contribution is 2.64. The number of hydroxylamine groups is 2. The number of phenolic OH excluding ortho intramolecular Hbond substituents is 2. The minimum absolute atomic E-state index is 0.0913. The largest absolute Gasteiger partial charge is 0.508 e. The van der Waals surface area contributed by atoms with Gasteiger partial charge < -0.3 is 40.8 Å². The number of carbonyl (C=O) groups is 2. The molecule has 4 fully saturated rings. The van der Waals surface area contributed by atoms with Crippen LogP contribution in [0.4, 0.5) is 0 Å². The van der Waals surface area contributed by atoms with E-state index in [1.165, 1.54) is 0 Å². The number of hydrogen-bond acceptors (Lipinski definition) is 12. The molecule has 4 saturated carbocycles. The Kier molecular flexibility index (Phi) is 11.8. The highest BCUT2D eigenvalue weighted by molar-refractivity contribution is 6.30. The van der Waals surface area contributed by atoms with Crippen molar-refractivity contribution in [2.45, 2.75) is 101 Å². The van der Waals surface area contributed by atoms with Crippen LogP contribution in [0.25, 0.3) is 0 Å². The Balaban J connectivity index is 1.24. The zero-order valence-corrected chi connectivity index (χ0v) is 30.7. The molecule has 52 heavy (non-hydrogen) atoms. The maximum Gasteiger partial charge on any atom is 0.418 e. The van der Waals surface area contributed by atoms with Gasteiger partial charge in [-0.1, -0.05) is 38.1 Å². The van der Waals surface area contributed by atoms with E-state index in [-0.39, 0.29) is 35.2 Å². The van der Waals surface area contributed by atoms with E-state index < -0.39 is 34.0 Å². The van der Waals surface area contributed by atoms with Gasteiger partial charge in [-0.15, -0.1) is 0 Å². The van der Waals surface area contributed by atoms with Crippen molar-refractivity contribution in [3.63, 3.8) is 0 Å². The highest BCUT2D eigenvalue weighted by atomic mass is 16.6. The number of aromatic hydroxyl groups is 2. The van der Waals surface area contributed by atoms with Crippen LogP contribution < -0.4 is 22.4 Å². The summed E-state index contributed by atoms with van der Waals surface area (Å²) in [6, 6.07) is 14.5. The molecule has 286 valence electrons. The SMILES string of the molecule is C[C@]12CC[C@H](c3ccc(O)cc3)C[C@@]1(OC(=O)C(=O)O[C@]13CC[C@H](CNOCCN)[C@@]1(C)CC[C@H](c1ccc(O)cc1)C3)CC[C@@H]2CNOCCN. The van der Waals surface area contributed by atoms with E-state index in [0.29, 0.717) is 65.1 Å². The van der Waals surface area contributed by atoms with E-state index in [0.717, 1.165) is 49.7 Å². The molecule has 8 N–H and O–H groups in total. The van der Waals surface area contributed by atoms with Crippen molar-refractivity contribution >= 4 is 11.9 Å². The van der Waals surface area contributed by atoms with Crippen molar-refractivity contribution in [3.8, 4) is 11.5 Å². The smallest absolute Gasteiger partial charge is 0.418 e. The van der Waals surface area contributed by atoms with Crippen LogP contribution in [0.2, 0.25) is 0 Å². The molecule has 4 aliphatic rings. The molecule has 12 nitrogen and oxygen atoms in total. The molecule has 0 spiro atoms. The summed E-state index contributed by atoms with van der Waals surface area (Å²) in [5, 5.41) is 19.9. The number of esters is 2. The monoisotopic (exact) mass is 722 g/mol. The van der Waals surface area contributed by atoms with Crippen LogP contribution in [0.3, 0.4) is 0 Å². The first kappa shape index (κ1) is 38.5. The van der Waals surface area contributed by atoms with Crippen molar-refractivity contribution in [1.82, 2.24) is 11.0 Å². The third kappa shape index (κ3) is 7.43. The Morgan fingerprint density at radius 2 is 1.04 bits per heavy atom. The molecule has 6 rings (SSSR count). The minimum Gasteiger partial charge on any atom is -0.508 e. The fourth-order valence-corrected chi connectivity index (χ4v) is 10.4. The number of rotatable bonds is 14. The zero-order valence-electron chi connectivity index (χ0n) is 30.7. The Hall–Kier alpha value is -3.26. The average Bonchev–Trinajstić information content (AvgIpc) is 3.58. The summed E-state index contributed by atoms with van der Waals surface area (Å²) in [5.41, 5.74) is 17.0. The van der Waals surface area contributed by atoms with Gasteiger partial charge in [0, 0.05) is 37.0 Å². The molecule has 0 amide bonds. The molecule has 2 aromatic carbocycles. The number of fused-ring (bicyclic) bond motifs is 2.